The number of nitro benzene ring substituents is 1. The van der Waals surface area contributed by atoms with Crippen molar-refractivity contribution in [2.45, 2.75) is 18.9 Å². The van der Waals surface area contributed by atoms with E-state index in [1.807, 2.05) is 13.0 Å². The van der Waals surface area contributed by atoms with Gasteiger partial charge in [0.15, 0.2) is 0 Å². The Labute approximate surface area is 117 Å². The van der Waals surface area contributed by atoms with Crippen molar-refractivity contribution in [2.24, 2.45) is 0 Å². The Morgan fingerprint density at radius 2 is 2.25 bits per heavy atom. The van der Waals surface area contributed by atoms with Gasteiger partial charge in [-0.3, -0.25) is 10.1 Å². The second kappa shape index (κ2) is 5.03. The minimum Gasteiger partial charge on any atom is -0.378 e. The Hall–Kier alpha value is -1.66. The van der Waals surface area contributed by atoms with Crippen molar-refractivity contribution < 1.29 is 14.4 Å². The minimum absolute atomic E-state index is 0.137. The summed E-state index contributed by atoms with van der Waals surface area (Å²) in [5, 5.41) is 10.8. The van der Waals surface area contributed by atoms with Gasteiger partial charge in [-0.2, -0.15) is 0 Å². The number of hydrogen-bond acceptors (Lipinski definition) is 5. The van der Waals surface area contributed by atoms with Crippen LogP contribution in [-0.4, -0.2) is 43.4 Å². The molecular weight excluding hydrogens is 260 g/mol. The molecule has 108 valence electrons. The lowest BCUT2D eigenvalue weighted by atomic mass is 9.99. The number of hydrogen-bond donors (Lipinski definition) is 0. The molecule has 2 heterocycles. The maximum Gasteiger partial charge on any atom is 0.269 e. The molecule has 0 aliphatic carbocycles. The average molecular weight is 278 g/mol. The van der Waals surface area contributed by atoms with Crippen LogP contribution in [0, 0.1) is 17.0 Å². The summed E-state index contributed by atoms with van der Waals surface area (Å²) in [6.07, 6.45) is 0.912. The lowest BCUT2D eigenvalue weighted by Crippen LogP contribution is -2.52. The molecule has 6 nitrogen and oxygen atoms in total. The summed E-state index contributed by atoms with van der Waals surface area (Å²) in [7, 11) is 0. The van der Waals surface area contributed by atoms with Gasteiger partial charge in [0, 0.05) is 43.9 Å². The van der Waals surface area contributed by atoms with Crippen molar-refractivity contribution in [1.82, 2.24) is 0 Å². The first-order valence-electron chi connectivity index (χ1n) is 6.81. The van der Waals surface area contributed by atoms with Gasteiger partial charge in [-0.25, -0.2) is 0 Å². The number of non-ortho nitro benzene ring substituents is 1. The molecule has 2 aliphatic rings. The van der Waals surface area contributed by atoms with Crippen LogP contribution < -0.4 is 4.90 Å². The van der Waals surface area contributed by atoms with E-state index >= 15 is 0 Å². The number of benzene rings is 1. The van der Waals surface area contributed by atoms with Crippen LogP contribution in [0.25, 0.3) is 0 Å². The molecule has 1 spiro atoms. The first-order chi connectivity index (χ1) is 9.60. The number of nitro groups is 1. The lowest BCUT2D eigenvalue weighted by molar-refractivity contribution is -0.384. The molecule has 2 saturated heterocycles. The standard InChI is InChI=1S/C14H18N2O4/c1-11-8-12(16(17)18)2-3-13(11)15-5-7-20-14(9-15)4-6-19-10-14/h2-3,8H,4-7,9-10H2,1H3. The highest BCUT2D eigenvalue weighted by atomic mass is 16.6. The predicted molar refractivity (Wildman–Crippen MR) is 74.2 cm³/mol. The Bertz CT molecular complexity index is 526. The van der Waals surface area contributed by atoms with Crippen LogP contribution in [0.1, 0.15) is 12.0 Å². The summed E-state index contributed by atoms with van der Waals surface area (Å²) in [6, 6.07) is 5.03. The van der Waals surface area contributed by atoms with Crippen LogP contribution in [-0.2, 0) is 9.47 Å². The molecule has 0 saturated carbocycles. The van der Waals surface area contributed by atoms with Crippen molar-refractivity contribution in [3.8, 4) is 0 Å². The second-order valence-corrected chi connectivity index (χ2v) is 5.48. The van der Waals surface area contributed by atoms with Crippen LogP contribution >= 0.6 is 0 Å². The Kier molecular flexibility index (Phi) is 3.35. The van der Waals surface area contributed by atoms with Gasteiger partial charge in [0.25, 0.3) is 5.69 Å². The van der Waals surface area contributed by atoms with Gasteiger partial charge in [-0.05, 0) is 18.6 Å². The fraction of sp³-hybridized carbons (Fsp3) is 0.571. The van der Waals surface area contributed by atoms with Gasteiger partial charge >= 0.3 is 0 Å². The predicted octanol–water partition coefficient (Wildman–Crippen LogP) is 1.90. The average Bonchev–Trinajstić information content (AvgIpc) is 2.86. The molecular formula is C14H18N2O4. The van der Waals surface area contributed by atoms with Gasteiger partial charge in [-0.15, -0.1) is 0 Å². The molecule has 1 aromatic carbocycles. The Morgan fingerprint density at radius 1 is 1.40 bits per heavy atom. The van der Waals surface area contributed by atoms with E-state index in [1.165, 1.54) is 0 Å². The van der Waals surface area contributed by atoms with Crippen molar-refractivity contribution in [1.29, 1.82) is 0 Å². The first kappa shape index (κ1) is 13.3. The Morgan fingerprint density at radius 3 is 2.90 bits per heavy atom. The SMILES string of the molecule is Cc1cc([N+](=O)[O-])ccc1N1CCOC2(CCOC2)C1. The van der Waals surface area contributed by atoms with Gasteiger partial charge in [0.05, 0.1) is 18.1 Å². The quantitative estimate of drug-likeness (QED) is 0.610. The van der Waals surface area contributed by atoms with E-state index in [4.69, 9.17) is 9.47 Å². The number of anilines is 1. The topological polar surface area (TPSA) is 64.8 Å². The maximum atomic E-state index is 10.8. The highest BCUT2D eigenvalue weighted by molar-refractivity contribution is 5.57. The third-order valence-electron chi connectivity index (χ3n) is 4.05. The highest BCUT2D eigenvalue weighted by Crippen LogP contribution is 2.32. The van der Waals surface area contributed by atoms with E-state index in [-0.39, 0.29) is 16.2 Å². The minimum atomic E-state index is -0.359. The molecule has 6 heteroatoms. The fourth-order valence-electron chi connectivity index (χ4n) is 2.99. The van der Waals surface area contributed by atoms with Crippen molar-refractivity contribution in [3.05, 3.63) is 33.9 Å². The summed E-state index contributed by atoms with van der Waals surface area (Å²) >= 11 is 0. The third-order valence-corrected chi connectivity index (χ3v) is 4.05. The zero-order valence-corrected chi connectivity index (χ0v) is 11.5. The maximum absolute atomic E-state index is 10.8. The van der Waals surface area contributed by atoms with Gasteiger partial charge < -0.3 is 14.4 Å². The van der Waals surface area contributed by atoms with Crippen molar-refractivity contribution in [3.63, 3.8) is 0 Å². The largest absolute Gasteiger partial charge is 0.378 e. The molecule has 2 fully saturated rings. The number of ether oxygens (including phenoxy) is 2. The van der Waals surface area contributed by atoms with Gasteiger partial charge in [0.2, 0.25) is 0 Å². The van der Waals surface area contributed by atoms with Crippen LogP contribution in [0.4, 0.5) is 11.4 Å². The molecule has 2 aliphatic heterocycles. The van der Waals surface area contributed by atoms with E-state index in [0.717, 1.165) is 37.4 Å². The smallest absolute Gasteiger partial charge is 0.269 e. The first-order valence-corrected chi connectivity index (χ1v) is 6.81. The third kappa shape index (κ3) is 2.36. The van der Waals surface area contributed by atoms with Crippen molar-refractivity contribution >= 4 is 11.4 Å². The number of aryl methyl sites for hydroxylation is 1. The molecule has 0 amide bonds. The summed E-state index contributed by atoms with van der Waals surface area (Å²) in [5.41, 5.74) is 1.91. The molecule has 0 bridgehead atoms. The van der Waals surface area contributed by atoms with E-state index < -0.39 is 0 Å². The lowest BCUT2D eigenvalue weighted by Gasteiger charge is -2.41. The van der Waals surface area contributed by atoms with Crippen molar-refractivity contribution in [2.75, 3.05) is 37.8 Å². The van der Waals surface area contributed by atoms with Gasteiger partial charge in [0.1, 0.15) is 5.60 Å². The molecule has 0 radical (unpaired) electrons. The number of rotatable bonds is 2. The molecule has 1 unspecified atom stereocenters. The monoisotopic (exact) mass is 278 g/mol. The molecule has 20 heavy (non-hydrogen) atoms. The van der Waals surface area contributed by atoms with Crippen LogP contribution in [0.2, 0.25) is 0 Å². The highest BCUT2D eigenvalue weighted by Gasteiger charge is 2.40. The van der Waals surface area contributed by atoms with Crippen LogP contribution in [0.5, 0.6) is 0 Å². The van der Waals surface area contributed by atoms with E-state index in [9.17, 15) is 10.1 Å². The normalized spacial score (nSPS) is 26.1. The number of morpholine rings is 1. The summed E-state index contributed by atoms with van der Waals surface area (Å²) in [6.45, 7) is 5.55. The van der Waals surface area contributed by atoms with Crippen LogP contribution in [0.3, 0.4) is 0 Å². The van der Waals surface area contributed by atoms with E-state index in [0.29, 0.717) is 13.2 Å². The molecule has 1 atom stereocenters. The molecule has 0 N–H and O–H groups in total. The Balaban J connectivity index is 1.83. The second-order valence-electron chi connectivity index (χ2n) is 5.48. The molecule has 0 aromatic heterocycles. The zero-order chi connectivity index (χ0) is 14.2. The van der Waals surface area contributed by atoms with Gasteiger partial charge in [-0.1, -0.05) is 0 Å². The molecule has 1 aromatic rings. The van der Waals surface area contributed by atoms with E-state index in [2.05, 4.69) is 4.90 Å². The zero-order valence-electron chi connectivity index (χ0n) is 11.5. The fourth-order valence-corrected chi connectivity index (χ4v) is 2.99. The molecule has 3 rings (SSSR count). The number of nitrogens with zero attached hydrogens (tertiary/aromatic N) is 2. The summed E-state index contributed by atoms with van der Waals surface area (Å²) < 4.78 is 11.4. The summed E-state index contributed by atoms with van der Waals surface area (Å²) in [5.74, 6) is 0. The summed E-state index contributed by atoms with van der Waals surface area (Å²) in [4.78, 5) is 12.7. The van der Waals surface area contributed by atoms with E-state index in [1.54, 1.807) is 12.1 Å². The van der Waals surface area contributed by atoms with Crippen LogP contribution in [0.15, 0.2) is 18.2 Å².